The van der Waals surface area contributed by atoms with Crippen LogP contribution in [-0.4, -0.2) is 46.9 Å². The highest BCUT2D eigenvalue weighted by Gasteiger charge is 2.31. The fourth-order valence-electron chi connectivity index (χ4n) is 2.98. The third-order valence-corrected chi connectivity index (χ3v) is 6.06. The number of hydrogen-bond acceptors (Lipinski definition) is 7. The number of piperidine rings is 1. The molecule has 1 atom stereocenters. The van der Waals surface area contributed by atoms with Crippen LogP contribution >= 0.6 is 0 Å². The molecule has 3 heterocycles. The highest BCUT2D eigenvalue weighted by molar-refractivity contribution is 7.89. The largest absolute Gasteiger partial charge is 0.472 e. The molecule has 4 rings (SSSR count). The Morgan fingerprint density at radius 1 is 1.31 bits per heavy atom. The monoisotopic (exact) mass is 376 g/mol. The van der Waals surface area contributed by atoms with E-state index < -0.39 is 15.8 Å². The van der Waals surface area contributed by atoms with Gasteiger partial charge in [0.2, 0.25) is 15.9 Å². The molecule has 1 aromatic carbocycles. The maximum Gasteiger partial charge on any atom is 0.417 e. The molecule has 0 saturated carbocycles. The van der Waals surface area contributed by atoms with Gasteiger partial charge in [0.15, 0.2) is 5.58 Å². The van der Waals surface area contributed by atoms with Crippen LogP contribution < -0.4 is 10.5 Å². The smallest absolute Gasteiger partial charge is 0.417 e. The third-order valence-electron chi connectivity index (χ3n) is 4.20. The third kappa shape index (κ3) is 3.20. The number of benzene rings is 1. The second kappa shape index (κ2) is 6.54. The molecule has 0 aliphatic carbocycles. The number of sulfonamides is 1. The first-order valence-corrected chi connectivity index (χ1v) is 9.52. The molecule has 9 nitrogen and oxygen atoms in total. The number of hydrogen-bond donors (Lipinski definition) is 1. The quantitative estimate of drug-likeness (QED) is 0.725. The van der Waals surface area contributed by atoms with Crippen LogP contribution in [0.1, 0.15) is 12.8 Å². The summed E-state index contributed by atoms with van der Waals surface area (Å²) in [6, 6.07) is 4.31. The van der Waals surface area contributed by atoms with Gasteiger partial charge >= 0.3 is 5.76 Å². The lowest BCUT2D eigenvalue weighted by molar-refractivity contribution is 0.124. The summed E-state index contributed by atoms with van der Waals surface area (Å²) in [5.41, 5.74) is 0.664. The van der Waals surface area contributed by atoms with Crippen LogP contribution in [0.4, 0.5) is 0 Å². The van der Waals surface area contributed by atoms with Crippen molar-refractivity contribution < 1.29 is 17.6 Å². The van der Waals surface area contributed by atoms with E-state index in [-0.39, 0.29) is 17.5 Å². The standard InChI is InChI=1S/C16H16N4O5S/c21-16-19-13-8-12(3-4-14(13)25-16)26(22,23)20-7-1-2-11(10-20)24-15-9-17-5-6-18-15/h3-6,8-9,11H,1-2,7,10H2,(H,19,21)/t11-/m1/s1. The zero-order valence-electron chi connectivity index (χ0n) is 13.7. The van der Waals surface area contributed by atoms with Crippen molar-refractivity contribution in [1.82, 2.24) is 19.3 Å². The summed E-state index contributed by atoms with van der Waals surface area (Å²) in [6.45, 7) is 0.626. The van der Waals surface area contributed by atoms with Crippen molar-refractivity contribution in [3.63, 3.8) is 0 Å². The van der Waals surface area contributed by atoms with Gasteiger partial charge in [0, 0.05) is 18.9 Å². The van der Waals surface area contributed by atoms with Crippen molar-refractivity contribution in [2.75, 3.05) is 13.1 Å². The van der Waals surface area contributed by atoms with E-state index >= 15 is 0 Å². The number of nitrogens with zero attached hydrogens (tertiary/aromatic N) is 3. The zero-order valence-corrected chi connectivity index (χ0v) is 14.5. The molecule has 1 aliphatic rings. The molecule has 26 heavy (non-hydrogen) atoms. The minimum Gasteiger partial charge on any atom is -0.472 e. The number of H-pyrrole nitrogens is 1. The van der Waals surface area contributed by atoms with E-state index in [0.29, 0.717) is 29.9 Å². The Labute approximate surface area is 148 Å². The van der Waals surface area contributed by atoms with Gasteiger partial charge in [-0.15, -0.1) is 0 Å². The number of aromatic nitrogens is 3. The molecule has 3 aromatic rings. The van der Waals surface area contributed by atoms with Gasteiger partial charge in [0.05, 0.1) is 23.2 Å². The van der Waals surface area contributed by atoms with Gasteiger partial charge in [-0.25, -0.2) is 18.2 Å². The van der Waals surface area contributed by atoms with Gasteiger partial charge in [-0.05, 0) is 31.0 Å². The average molecular weight is 376 g/mol. The average Bonchev–Trinajstić information content (AvgIpc) is 3.02. The summed E-state index contributed by atoms with van der Waals surface area (Å²) >= 11 is 0. The van der Waals surface area contributed by atoms with Gasteiger partial charge in [0.25, 0.3) is 0 Å². The lowest BCUT2D eigenvalue weighted by Crippen LogP contribution is -2.44. The van der Waals surface area contributed by atoms with Crippen LogP contribution in [0.5, 0.6) is 5.88 Å². The molecular formula is C16H16N4O5S. The number of nitrogens with one attached hydrogen (secondary N) is 1. The van der Waals surface area contributed by atoms with E-state index in [0.717, 1.165) is 6.42 Å². The molecule has 0 unspecified atom stereocenters. The fourth-order valence-corrected chi connectivity index (χ4v) is 4.51. The summed E-state index contributed by atoms with van der Waals surface area (Å²) in [5.74, 6) is -0.251. The molecule has 0 spiro atoms. The summed E-state index contributed by atoms with van der Waals surface area (Å²) in [4.78, 5) is 21.8. The summed E-state index contributed by atoms with van der Waals surface area (Å²) in [7, 11) is -3.72. The maximum absolute atomic E-state index is 13.0. The van der Waals surface area contributed by atoms with Crippen molar-refractivity contribution in [1.29, 1.82) is 0 Å². The highest BCUT2D eigenvalue weighted by Crippen LogP contribution is 2.24. The second-order valence-corrected chi connectivity index (χ2v) is 7.90. The molecule has 0 radical (unpaired) electrons. The Morgan fingerprint density at radius 2 is 2.19 bits per heavy atom. The van der Waals surface area contributed by atoms with Crippen LogP contribution in [0.25, 0.3) is 11.1 Å². The van der Waals surface area contributed by atoms with Crippen LogP contribution in [0.2, 0.25) is 0 Å². The highest BCUT2D eigenvalue weighted by atomic mass is 32.2. The minimum atomic E-state index is -3.72. The summed E-state index contributed by atoms with van der Waals surface area (Å²) < 4.78 is 38.0. The zero-order chi connectivity index (χ0) is 18.1. The van der Waals surface area contributed by atoms with Crippen LogP contribution in [-0.2, 0) is 10.0 Å². The van der Waals surface area contributed by atoms with Crippen molar-refractivity contribution in [3.8, 4) is 5.88 Å². The number of oxazole rings is 1. The summed E-state index contributed by atoms with van der Waals surface area (Å²) in [6.07, 6.45) is 5.67. The molecule has 10 heteroatoms. The number of rotatable bonds is 4. The fraction of sp³-hybridized carbons (Fsp3) is 0.312. The Balaban J connectivity index is 1.56. The normalized spacial score (nSPS) is 18.8. The first kappa shape index (κ1) is 16.7. The molecule has 1 saturated heterocycles. The van der Waals surface area contributed by atoms with Crippen LogP contribution in [0.3, 0.4) is 0 Å². The topological polar surface area (TPSA) is 118 Å². The molecule has 136 valence electrons. The maximum atomic E-state index is 13.0. The molecule has 1 aliphatic heterocycles. The number of aromatic amines is 1. The molecule has 2 aromatic heterocycles. The van der Waals surface area contributed by atoms with E-state index in [9.17, 15) is 13.2 Å². The second-order valence-electron chi connectivity index (χ2n) is 5.96. The van der Waals surface area contributed by atoms with Crippen molar-refractivity contribution in [3.05, 3.63) is 47.3 Å². The van der Waals surface area contributed by atoms with Gasteiger partial charge in [-0.3, -0.25) is 9.97 Å². The van der Waals surface area contributed by atoms with E-state index in [1.165, 1.54) is 34.9 Å². The minimum absolute atomic E-state index is 0.0993. The molecule has 0 amide bonds. The predicted octanol–water partition coefficient (Wildman–Crippen LogP) is 1.14. The van der Waals surface area contributed by atoms with Crippen molar-refractivity contribution >= 4 is 21.1 Å². The Kier molecular flexibility index (Phi) is 4.21. The Hall–Kier alpha value is -2.72. The van der Waals surface area contributed by atoms with Gasteiger partial charge < -0.3 is 9.15 Å². The first-order valence-electron chi connectivity index (χ1n) is 8.08. The van der Waals surface area contributed by atoms with Crippen LogP contribution in [0.15, 0.2) is 50.9 Å². The Morgan fingerprint density at radius 3 is 3.00 bits per heavy atom. The lowest BCUT2D eigenvalue weighted by Gasteiger charge is -2.31. The van der Waals surface area contributed by atoms with E-state index in [1.807, 2.05) is 0 Å². The molecule has 1 fully saturated rings. The van der Waals surface area contributed by atoms with Crippen molar-refractivity contribution in [2.45, 2.75) is 23.8 Å². The molecule has 1 N–H and O–H groups in total. The van der Waals surface area contributed by atoms with E-state index in [2.05, 4.69) is 15.0 Å². The van der Waals surface area contributed by atoms with E-state index in [4.69, 9.17) is 9.15 Å². The summed E-state index contributed by atoms with van der Waals surface area (Å²) in [5, 5.41) is 0. The number of fused-ring (bicyclic) bond motifs is 1. The number of ether oxygens (including phenoxy) is 1. The first-order chi connectivity index (χ1) is 12.5. The van der Waals surface area contributed by atoms with Gasteiger partial charge in [-0.2, -0.15) is 4.31 Å². The molecular weight excluding hydrogens is 360 g/mol. The Bertz CT molecular complexity index is 1080. The lowest BCUT2D eigenvalue weighted by atomic mass is 10.1. The van der Waals surface area contributed by atoms with Gasteiger partial charge in [-0.1, -0.05) is 0 Å². The van der Waals surface area contributed by atoms with Crippen LogP contribution in [0, 0.1) is 0 Å². The van der Waals surface area contributed by atoms with Crippen molar-refractivity contribution in [2.24, 2.45) is 0 Å². The predicted molar refractivity (Wildman–Crippen MR) is 91.3 cm³/mol. The van der Waals surface area contributed by atoms with Gasteiger partial charge in [0.1, 0.15) is 6.10 Å². The van der Waals surface area contributed by atoms with E-state index in [1.54, 1.807) is 6.20 Å². The SMILES string of the molecule is O=c1[nH]c2cc(S(=O)(=O)N3CCC[C@@H](Oc4cnccn4)C3)ccc2o1. The molecule has 0 bridgehead atoms.